The van der Waals surface area contributed by atoms with E-state index < -0.39 is 18.6 Å². The Morgan fingerprint density at radius 3 is 2.21 bits per heavy atom. The van der Waals surface area contributed by atoms with Crippen molar-refractivity contribution in [1.82, 2.24) is 9.88 Å². The number of carboxylic acid groups (broad SMARTS) is 1. The predicted octanol–water partition coefficient (Wildman–Crippen LogP) is 4.66. The number of pyridine rings is 1. The Hall–Kier alpha value is -3.87. The standard InChI is InChI=1S/C26H28N2O5/c1-3-20-6-9-22(27-16-20)14-15-32-23-12-7-21(8-13-23)17-28(18-25(29)30)26(31)33-24-10-4-19(2)5-11-24/h4-13,16H,3,14-15,17-18H2,1-2H3,(H,29,30). The molecule has 0 spiro atoms. The average Bonchev–Trinajstić information content (AvgIpc) is 2.81. The molecule has 7 heteroatoms. The smallest absolute Gasteiger partial charge is 0.416 e. The quantitative estimate of drug-likeness (QED) is 0.485. The van der Waals surface area contributed by atoms with E-state index in [-0.39, 0.29) is 6.54 Å². The fourth-order valence-electron chi connectivity index (χ4n) is 3.12. The van der Waals surface area contributed by atoms with Crippen LogP contribution in [0, 0.1) is 6.92 Å². The Balaban J connectivity index is 1.54. The van der Waals surface area contributed by atoms with Crippen molar-refractivity contribution < 1.29 is 24.2 Å². The summed E-state index contributed by atoms with van der Waals surface area (Å²) in [4.78, 5) is 29.3. The number of carboxylic acids is 1. The van der Waals surface area contributed by atoms with Crippen molar-refractivity contribution >= 4 is 12.1 Å². The van der Waals surface area contributed by atoms with Crippen LogP contribution >= 0.6 is 0 Å². The molecule has 0 fully saturated rings. The molecule has 7 nitrogen and oxygen atoms in total. The van der Waals surface area contributed by atoms with Gasteiger partial charge in [-0.25, -0.2) is 4.79 Å². The third kappa shape index (κ3) is 7.64. The van der Waals surface area contributed by atoms with E-state index in [1.54, 1.807) is 36.4 Å². The fourth-order valence-corrected chi connectivity index (χ4v) is 3.12. The van der Waals surface area contributed by atoms with Crippen LogP contribution in [0.15, 0.2) is 66.9 Å². The van der Waals surface area contributed by atoms with Crippen LogP contribution in [0.25, 0.3) is 0 Å². The molecule has 0 saturated carbocycles. The molecule has 0 aliphatic heterocycles. The van der Waals surface area contributed by atoms with Gasteiger partial charge in [0.25, 0.3) is 0 Å². The van der Waals surface area contributed by atoms with Crippen molar-refractivity contribution in [3.8, 4) is 11.5 Å². The minimum Gasteiger partial charge on any atom is -0.493 e. The molecule has 172 valence electrons. The molecule has 0 aliphatic rings. The van der Waals surface area contributed by atoms with Gasteiger partial charge in [0, 0.05) is 24.9 Å². The van der Waals surface area contributed by atoms with Crippen molar-refractivity contribution in [2.24, 2.45) is 0 Å². The molecule has 0 unspecified atom stereocenters. The van der Waals surface area contributed by atoms with Crippen LogP contribution in [0.4, 0.5) is 4.79 Å². The number of aliphatic carboxylic acids is 1. The lowest BCUT2D eigenvalue weighted by molar-refractivity contribution is -0.138. The number of hydrogen-bond donors (Lipinski definition) is 1. The molecule has 0 saturated heterocycles. The highest BCUT2D eigenvalue weighted by Gasteiger charge is 2.19. The maximum atomic E-state index is 12.5. The molecule has 2 aromatic carbocycles. The first kappa shape index (κ1) is 23.8. The van der Waals surface area contributed by atoms with E-state index in [9.17, 15) is 14.7 Å². The zero-order valence-corrected chi connectivity index (χ0v) is 18.9. The third-order valence-electron chi connectivity index (χ3n) is 5.03. The highest BCUT2D eigenvalue weighted by atomic mass is 16.6. The minimum absolute atomic E-state index is 0.102. The van der Waals surface area contributed by atoms with Crippen LogP contribution < -0.4 is 9.47 Å². The Morgan fingerprint density at radius 1 is 0.939 bits per heavy atom. The van der Waals surface area contributed by atoms with Crippen LogP contribution in [-0.4, -0.2) is 40.2 Å². The van der Waals surface area contributed by atoms with Gasteiger partial charge in [-0.05, 0) is 54.8 Å². The van der Waals surface area contributed by atoms with E-state index in [0.29, 0.717) is 24.5 Å². The normalized spacial score (nSPS) is 10.5. The summed E-state index contributed by atoms with van der Waals surface area (Å²) in [6, 6.07) is 18.3. The lowest BCUT2D eigenvalue weighted by atomic mass is 10.2. The van der Waals surface area contributed by atoms with Crippen molar-refractivity contribution in [3.05, 3.63) is 89.2 Å². The van der Waals surface area contributed by atoms with Gasteiger partial charge >= 0.3 is 12.1 Å². The maximum absolute atomic E-state index is 12.5. The lowest BCUT2D eigenvalue weighted by Crippen LogP contribution is -2.37. The van der Waals surface area contributed by atoms with Gasteiger partial charge in [-0.15, -0.1) is 0 Å². The van der Waals surface area contributed by atoms with Crippen LogP contribution in [-0.2, 0) is 24.2 Å². The van der Waals surface area contributed by atoms with E-state index in [0.717, 1.165) is 28.1 Å². The first-order valence-electron chi connectivity index (χ1n) is 10.8. The summed E-state index contributed by atoms with van der Waals surface area (Å²) in [5, 5.41) is 9.20. The van der Waals surface area contributed by atoms with Gasteiger partial charge < -0.3 is 14.6 Å². The highest BCUT2D eigenvalue weighted by molar-refractivity contribution is 5.78. The molecule has 3 rings (SSSR count). The second-order valence-electron chi connectivity index (χ2n) is 7.68. The number of amides is 1. The molecule has 33 heavy (non-hydrogen) atoms. The Morgan fingerprint density at radius 2 is 1.61 bits per heavy atom. The van der Waals surface area contributed by atoms with Gasteiger partial charge in [-0.3, -0.25) is 14.7 Å². The topological polar surface area (TPSA) is 89.0 Å². The number of carbonyl (C=O) groups excluding carboxylic acids is 1. The summed E-state index contributed by atoms with van der Waals surface area (Å²) < 4.78 is 11.1. The molecule has 3 aromatic rings. The summed E-state index contributed by atoms with van der Waals surface area (Å²) in [5.74, 6) is -0.0594. The summed E-state index contributed by atoms with van der Waals surface area (Å²) >= 11 is 0. The number of carbonyl (C=O) groups is 2. The van der Waals surface area contributed by atoms with E-state index in [1.165, 1.54) is 5.56 Å². The van der Waals surface area contributed by atoms with Crippen LogP contribution in [0.2, 0.25) is 0 Å². The first-order chi connectivity index (χ1) is 15.9. The molecule has 1 aromatic heterocycles. The van der Waals surface area contributed by atoms with E-state index >= 15 is 0 Å². The van der Waals surface area contributed by atoms with Gasteiger partial charge in [-0.1, -0.05) is 42.8 Å². The lowest BCUT2D eigenvalue weighted by Gasteiger charge is -2.20. The molecular formula is C26H28N2O5. The number of nitrogens with zero attached hydrogens (tertiary/aromatic N) is 2. The molecule has 0 bridgehead atoms. The Kier molecular flexibility index (Phi) is 8.41. The number of aryl methyl sites for hydroxylation is 2. The van der Waals surface area contributed by atoms with Crippen molar-refractivity contribution in [1.29, 1.82) is 0 Å². The maximum Gasteiger partial charge on any atom is 0.416 e. The molecule has 1 amide bonds. The summed E-state index contributed by atoms with van der Waals surface area (Å²) in [5.41, 5.74) is 3.97. The molecule has 1 heterocycles. The van der Waals surface area contributed by atoms with Crippen LogP contribution in [0.1, 0.15) is 29.3 Å². The van der Waals surface area contributed by atoms with E-state index in [4.69, 9.17) is 9.47 Å². The second kappa shape index (κ2) is 11.7. The highest BCUT2D eigenvalue weighted by Crippen LogP contribution is 2.17. The number of ether oxygens (including phenoxy) is 2. The molecule has 0 atom stereocenters. The van der Waals surface area contributed by atoms with Gasteiger partial charge in [0.2, 0.25) is 0 Å². The zero-order chi connectivity index (χ0) is 23.6. The molecule has 0 aliphatic carbocycles. The molecule has 1 N–H and O–H groups in total. The number of aromatic nitrogens is 1. The summed E-state index contributed by atoms with van der Waals surface area (Å²) in [7, 11) is 0. The van der Waals surface area contributed by atoms with Crippen molar-refractivity contribution in [2.75, 3.05) is 13.2 Å². The fraction of sp³-hybridized carbons (Fsp3) is 0.269. The summed E-state index contributed by atoms with van der Waals surface area (Å²) in [6.45, 7) is 4.15. The first-order valence-corrected chi connectivity index (χ1v) is 10.8. The second-order valence-corrected chi connectivity index (χ2v) is 7.68. The predicted molar refractivity (Wildman–Crippen MR) is 125 cm³/mol. The number of rotatable bonds is 10. The molecule has 0 radical (unpaired) electrons. The van der Waals surface area contributed by atoms with E-state index in [1.807, 2.05) is 31.3 Å². The summed E-state index contributed by atoms with van der Waals surface area (Å²) in [6.07, 6.45) is 2.83. The zero-order valence-electron chi connectivity index (χ0n) is 18.9. The number of hydrogen-bond acceptors (Lipinski definition) is 5. The van der Waals surface area contributed by atoms with Gasteiger partial charge in [0.15, 0.2) is 0 Å². The average molecular weight is 449 g/mol. The Bertz CT molecular complexity index is 1050. The van der Waals surface area contributed by atoms with Crippen LogP contribution in [0.3, 0.4) is 0 Å². The number of benzene rings is 2. The van der Waals surface area contributed by atoms with Gasteiger partial charge in [-0.2, -0.15) is 0 Å². The van der Waals surface area contributed by atoms with Gasteiger partial charge in [0.05, 0.1) is 6.61 Å². The van der Waals surface area contributed by atoms with E-state index in [2.05, 4.69) is 18.0 Å². The Labute approximate surface area is 193 Å². The third-order valence-corrected chi connectivity index (χ3v) is 5.03. The largest absolute Gasteiger partial charge is 0.493 e. The van der Waals surface area contributed by atoms with Crippen molar-refractivity contribution in [2.45, 2.75) is 33.2 Å². The van der Waals surface area contributed by atoms with Crippen molar-refractivity contribution in [3.63, 3.8) is 0 Å². The SMILES string of the molecule is CCc1ccc(CCOc2ccc(CN(CC(=O)O)C(=O)Oc3ccc(C)cc3)cc2)nc1. The molecular weight excluding hydrogens is 420 g/mol. The van der Waals surface area contributed by atoms with Gasteiger partial charge in [0.1, 0.15) is 18.0 Å². The van der Waals surface area contributed by atoms with Crippen LogP contribution in [0.5, 0.6) is 11.5 Å². The minimum atomic E-state index is -1.11. The monoisotopic (exact) mass is 448 g/mol.